The number of nitrogen functional groups attached to an aromatic ring is 1. The van der Waals surface area contributed by atoms with Gasteiger partial charge in [-0.3, -0.25) is 0 Å². The zero-order valence-corrected chi connectivity index (χ0v) is 9.20. The highest BCUT2D eigenvalue weighted by atomic mass is 14.5. The van der Waals surface area contributed by atoms with E-state index in [2.05, 4.69) is 11.8 Å². The molecule has 0 aliphatic rings. The van der Waals surface area contributed by atoms with Crippen LogP contribution < -0.4 is 5.73 Å². The van der Waals surface area contributed by atoms with Crippen molar-refractivity contribution in [2.75, 3.05) is 5.73 Å². The summed E-state index contributed by atoms with van der Waals surface area (Å²) in [7, 11) is 0. The molecule has 0 aromatic heterocycles. The van der Waals surface area contributed by atoms with E-state index >= 15 is 0 Å². The number of hydrogen-bond donors (Lipinski definition) is 1. The summed E-state index contributed by atoms with van der Waals surface area (Å²) in [5, 5.41) is 0. The summed E-state index contributed by atoms with van der Waals surface area (Å²) in [5.74, 6) is 6.28. The van der Waals surface area contributed by atoms with Crippen LogP contribution in [0.25, 0.3) is 0 Å². The van der Waals surface area contributed by atoms with Crippen molar-refractivity contribution in [1.29, 1.82) is 0 Å². The maximum atomic E-state index is 5.69. The first-order valence-corrected chi connectivity index (χ1v) is 5.19. The summed E-state index contributed by atoms with van der Waals surface area (Å²) < 4.78 is 0. The second kappa shape index (κ2) is 4.55. The fraction of sp³-hybridized carbons (Fsp3) is 0.0667. The number of rotatable bonds is 0. The monoisotopic (exact) mass is 207 g/mol. The van der Waals surface area contributed by atoms with Gasteiger partial charge in [-0.1, -0.05) is 30.0 Å². The molecule has 0 radical (unpaired) electrons. The van der Waals surface area contributed by atoms with E-state index in [9.17, 15) is 0 Å². The predicted molar refractivity (Wildman–Crippen MR) is 68.0 cm³/mol. The average molecular weight is 207 g/mol. The van der Waals surface area contributed by atoms with E-state index in [1.165, 1.54) is 0 Å². The smallest absolute Gasteiger partial charge is 0.0317 e. The number of nitrogens with two attached hydrogens (primary N) is 1. The largest absolute Gasteiger partial charge is 0.399 e. The molecule has 1 heteroatoms. The second-order valence-electron chi connectivity index (χ2n) is 3.69. The summed E-state index contributed by atoms with van der Waals surface area (Å²) in [6.45, 7) is 2.02. The van der Waals surface area contributed by atoms with E-state index in [1.807, 2.05) is 55.5 Å². The van der Waals surface area contributed by atoms with Crippen LogP contribution in [0.2, 0.25) is 0 Å². The maximum absolute atomic E-state index is 5.69. The normalized spacial score (nSPS) is 9.31. The molecule has 0 aliphatic carbocycles. The third-order valence-electron chi connectivity index (χ3n) is 2.37. The summed E-state index contributed by atoms with van der Waals surface area (Å²) in [5.41, 5.74) is 9.63. The molecule has 0 amide bonds. The SMILES string of the molecule is Cc1cc(N)ccc1C#Cc1ccccc1. The van der Waals surface area contributed by atoms with E-state index in [4.69, 9.17) is 5.73 Å². The second-order valence-corrected chi connectivity index (χ2v) is 3.69. The van der Waals surface area contributed by atoms with Gasteiger partial charge in [0, 0.05) is 16.8 Å². The molecule has 0 aliphatic heterocycles. The van der Waals surface area contributed by atoms with Crippen molar-refractivity contribution in [3.8, 4) is 11.8 Å². The number of hydrogen-bond acceptors (Lipinski definition) is 1. The summed E-state index contributed by atoms with van der Waals surface area (Å²) in [4.78, 5) is 0. The Kier molecular flexibility index (Phi) is 2.93. The highest BCUT2D eigenvalue weighted by Crippen LogP contribution is 2.11. The third kappa shape index (κ3) is 2.43. The Hall–Kier alpha value is -2.20. The molecule has 16 heavy (non-hydrogen) atoms. The molecule has 1 nitrogen and oxygen atoms in total. The lowest BCUT2D eigenvalue weighted by molar-refractivity contribution is 1.44. The molecule has 0 unspecified atom stereocenters. The molecule has 0 saturated heterocycles. The Bertz CT molecular complexity index is 545. The first-order chi connectivity index (χ1) is 7.75. The van der Waals surface area contributed by atoms with Crippen molar-refractivity contribution in [2.45, 2.75) is 6.92 Å². The van der Waals surface area contributed by atoms with Crippen LogP contribution in [0.3, 0.4) is 0 Å². The molecule has 0 heterocycles. The molecule has 2 aromatic rings. The zero-order chi connectivity index (χ0) is 11.4. The van der Waals surface area contributed by atoms with Crippen LogP contribution in [0.1, 0.15) is 16.7 Å². The van der Waals surface area contributed by atoms with Gasteiger partial charge in [0.2, 0.25) is 0 Å². The van der Waals surface area contributed by atoms with Crippen molar-refractivity contribution < 1.29 is 0 Å². The van der Waals surface area contributed by atoms with E-state index in [-0.39, 0.29) is 0 Å². The summed E-state index contributed by atoms with van der Waals surface area (Å²) >= 11 is 0. The zero-order valence-electron chi connectivity index (χ0n) is 9.20. The van der Waals surface area contributed by atoms with Crippen LogP contribution in [0.5, 0.6) is 0 Å². The third-order valence-corrected chi connectivity index (χ3v) is 2.37. The molecule has 0 saturated carbocycles. The van der Waals surface area contributed by atoms with Crippen LogP contribution in [0, 0.1) is 18.8 Å². The molecule has 78 valence electrons. The molecule has 2 N–H and O–H groups in total. The van der Waals surface area contributed by atoms with Gasteiger partial charge in [0.25, 0.3) is 0 Å². The van der Waals surface area contributed by atoms with Gasteiger partial charge in [-0.2, -0.15) is 0 Å². The first kappa shape index (κ1) is 10.3. The standard InChI is InChI=1S/C15H13N/c1-12-11-15(16)10-9-14(12)8-7-13-5-3-2-4-6-13/h2-6,9-11H,16H2,1H3. The van der Waals surface area contributed by atoms with Crippen molar-refractivity contribution in [3.63, 3.8) is 0 Å². The van der Waals surface area contributed by atoms with E-state index in [1.54, 1.807) is 0 Å². The van der Waals surface area contributed by atoms with E-state index < -0.39 is 0 Å². The van der Waals surface area contributed by atoms with Gasteiger partial charge < -0.3 is 5.73 Å². The summed E-state index contributed by atoms with van der Waals surface area (Å²) in [6, 6.07) is 15.7. The van der Waals surface area contributed by atoms with Gasteiger partial charge >= 0.3 is 0 Å². The minimum atomic E-state index is 0.780. The van der Waals surface area contributed by atoms with Crippen molar-refractivity contribution in [1.82, 2.24) is 0 Å². The Balaban J connectivity index is 2.31. The Morgan fingerprint density at radius 2 is 1.69 bits per heavy atom. The fourth-order valence-electron chi connectivity index (χ4n) is 1.49. The lowest BCUT2D eigenvalue weighted by Crippen LogP contribution is -1.88. The van der Waals surface area contributed by atoms with Gasteiger partial charge in [-0.25, -0.2) is 0 Å². The van der Waals surface area contributed by atoms with E-state index in [0.29, 0.717) is 0 Å². The molecular formula is C15H13N. The fourth-order valence-corrected chi connectivity index (χ4v) is 1.49. The molecule has 0 bridgehead atoms. The van der Waals surface area contributed by atoms with Crippen LogP contribution >= 0.6 is 0 Å². The average Bonchev–Trinajstić information content (AvgIpc) is 2.29. The number of anilines is 1. The van der Waals surface area contributed by atoms with Crippen molar-refractivity contribution in [3.05, 3.63) is 65.2 Å². The quantitative estimate of drug-likeness (QED) is 0.521. The predicted octanol–water partition coefficient (Wildman–Crippen LogP) is 2.98. The molecule has 0 spiro atoms. The topological polar surface area (TPSA) is 26.0 Å². The van der Waals surface area contributed by atoms with Gasteiger partial charge in [0.15, 0.2) is 0 Å². The van der Waals surface area contributed by atoms with Gasteiger partial charge in [-0.15, -0.1) is 0 Å². The number of benzene rings is 2. The Labute approximate surface area is 95.9 Å². The van der Waals surface area contributed by atoms with Gasteiger partial charge in [-0.05, 0) is 42.8 Å². The minimum absolute atomic E-state index is 0.780. The number of aryl methyl sites for hydroxylation is 1. The van der Waals surface area contributed by atoms with Crippen LogP contribution in [0.15, 0.2) is 48.5 Å². The lowest BCUT2D eigenvalue weighted by Gasteiger charge is -1.98. The molecule has 0 atom stereocenters. The van der Waals surface area contributed by atoms with Gasteiger partial charge in [0.1, 0.15) is 0 Å². The molecule has 2 aromatic carbocycles. The van der Waals surface area contributed by atoms with Crippen molar-refractivity contribution in [2.24, 2.45) is 0 Å². The van der Waals surface area contributed by atoms with Gasteiger partial charge in [0.05, 0.1) is 0 Å². The Morgan fingerprint density at radius 1 is 0.938 bits per heavy atom. The maximum Gasteiger partial charge on any atom is 0.0317 e. The van der Waals surface area contributed by atoms with Crippen LogP contribution in [-0.4, -0.2) is 0 Å². The highest BCUT2D eigenvalue weighted by molar-refractivity contribution is 5.52. The lowest BCUT2D eigenvalue weighted by atomic mass is 10.1. The first-order valence-electron chi connectivity index (χ1n) is 5.19. The molecule has 2 rings (SSSR count). The van der Waals surface area contributed by atoms with Crippen LogP contribution in [0.4, 0.5) is 5.69 Å². The summed E-state index contributed by atoms with van der Waals surface area (Å²) in [6.07, 6.45) is 0. The molecular weight excluding hydrogens is 194 g/mol. The van der Waals surface area contributed by atoms with Crippen molar-refractivity contribution >= 4 is 5.69 Å². The van der Waals surface area contributed by atoms with E-state index in [0.717, 1.165) is 22.4 Å². The Morgan fingerprint density at radius 3 is 2.38 bits per heavy atom. The highest BCUT2D eigenvalue weighted by Gasteiger charge is 1.94. The molecule has 0 fully saturated rings. The van der Waals surface area contributed by atoms with Crippen LogP contribution in [-0.2, 0) is 0 Å². The minimum Gasteiger partial charge on any atom is -0.399 e.